The van der Waals surface area contributed by atoms with Crippen LogP contribution in [-0.2, 0) is 21.4 Å². The standard InChI is InChI=1S/C11H17NO4S2/c1-11(2)8-12(4-5-16-11)18(14,15)10-3-6-17-9(10)7-13/h3,6,13H,4-5,7-8H2,1-2H3. The van der Waals surface area contributed by atoms with Crippen molar-refractivity contribution in [2.24, 2.45) is 0 Å². The monoisotopic (exact) mass is 291 g/mol. The van der Waals surface area contributed by atoms with Crippen molar-refractivity contribution < 1.29 is 18.3 Å². The molecular weight excluding hydrogens is 274 g/mol. The summed E-state index contributed by atoms with van der Waals surface area (Å²) in [6, 6.07) is 1.55. The molecule has 1 N–H and O–H groups in total. The topological polar surface area (TPSA) is 66.8 Å². The molecule has 2 rings (SSSR count). The molecule has 0 amide bonds. The summed E-state index contributed by atoms with van der Waals surface area (Å²) in [4.78, 5) is 0.701. The molecular formula is C11H17NO4S2. The minimum atomic E-state index is -3.53. The smallest absolute Gasteiger partial charge is 0.244 e. The van der Waals surface area contributed by atoms with E-state index in [0.29, 0.717) is 24.6 Å². The van der Waals surface area contributed by atoms with E-state index < -0.39 is 15.6 Å². The largest absolute Gasteiger partial charge is 0.391 e. The molecule has 1 aromatic rings. The highest BCUT2D eigenvalue weighted by molar-refractivity contribution is 7.89. The van der Waals surface area contributed by atoms with Crippen LogP contribution in [0, 0.1) is 0 Å². The van der Waals surface area contributed by atoms with Gasteiger partial charge < -0.3 is 9.84 Å². The van der Waals surface area contributed by atoms with E-state index in [1.807, 2.05) is 13.8 Å². The van der Waals surface area contributed by atoms with E-state index in [0.717, 1.165) is 0 Å². The molecule has 0 bridgehead atoms. The number of rotatable bonds is 3. The summed E-state index contributed by atoms with van der Waals surface area (Å²) in [7, 11) is -3.53. The highest BCUT2D eigenvalue weighted by Gasteiger charge is 2.36. The van der Waals surface area contributed by atoms with Gasteiger partial charge in [0.25, 0.3) is 0 Å². The van der Waals surface area contributed by atoms with Crippen molar-refractivity contribution in [3.05, 3.63) is 16.3 Å². The molecule has 0 unspecified atom stereocenters. The molecule has 1 aromatic heterocycles. The lowest BCUT2D eigenvalue weighted by Crippen LogP contribution is -2.50. The van der Waals surface area contributed by atoms with Gasteiger partial charge in [-0.05, 0) is 25.3 Å². The van der Waals surface area contributed by atoms with Crippen molar-refractivity contribution >= 4 is 21.4 Å². The highest BCUT2D eigenvalue weighted by Crippen LogP contribution is 2.28. The van der Waals surface area contributed by atoms with Crippen LogP contribution in [0.3, 0.4) is 0 Å². The van der Waals surface area contributed by atoms with E-state index in [2.05, 4.69) is 0 Å². The lowest BCUT2D eigenvalue weighted by molar-refractivity contribution is -0.0640. The van der Waals surface area contributed by atoms with Crippen molar-refractivity contribution in [3.63, 3.8) is 0 Å². The van der Waals surface area contributed by atoms with Crippen LogP contribution in [0.15, 0.2) is 16.3 Å². The zero-order valence-electron chi connectivity index (χ0n) is 10.4. The molecule has 5 nitrogen and oxygen atoms in total. The van der Waals surface area contributed by atoms with Gasteiger partial charge in [-0.25, -0.2) is 8.42 Å². The third kappa shape index (κ3) is 2.60. The number of morpholine rings is 1. The van der Waals surface area contributed by atoms with Gasteiger partial charge in [-0.2, -0.15) is 4.31 Å². The minimum Gasteiger partial charge on any atom is -0.391 e. The van der Waals surface area contributed by atoms with E-state index in [9.17, 15) is 13.5 Å². The van der Waals surface area contributed by atoms with E-state index in [1.165, 1.54) is 15.6 Å². The zero-order valence-corrected chi connectivity index (χ0v) is 12.1. The highest BCUT2D eigenvalue weighted by atomic mass is 32.2. The lowest BCUT2D eigenvalue weighted by atomic mass is 10.1. The van der Waals surface area contributed by atoms with E-state index in [1.54, 1.807) is 11.4 Å². The van der Waals surface area contributed by atoms with Gasteiger partial charge in [-0.15, -0.1) is 11.3 Å². The number of thiophene rings is 1. The fourth-order valence-corrected chi connectivity index (χ4v) is 4.83. The van der Waals surface area contributed by atoms with E-state index >= 15 is 0 Å². The third-order valence-corrected chi connectivity index (χ3v) is 5.82. The SMILES string of the molecule is CC1(C)CN(S(=O)(=O)c2ccsc2CO)CCO1. The first-order valence-corrected chi connectivity index (χ1v) is 8.00. The van der Waals surface area contributed by atoms with Crippen LogP contribution in [0.4, 0.5) is 0 Å². The molecule has 2 heterocycles. The first kappa shape index (κ1) is 14.0. The Balaban J connectivity index is 2.32. The maximum atomic E-state index is 12.5. The second-order valence-corrected chi connectivity index (χ2v) is 7.72. The molecule has 1 fully saturated rings. The van der Waals surface area contributed by atoms with Gasteiger partial charge in [0.2, 0.25) is 10.0 Å². The quantitative estimate of drug-likeness (QED) is 0.903. The molecule has 102 valence electrons. The van der Waals surface area contributed by atoms with Gasteiger partial charge in [-0.3, -0.25) is 0 Å². The summed E-state index contributed by atoms with van der Waals surface area (Å²) >= 11 is 1.25. The third-order valence-electron chi connectivity index (χ3n) is 2.86. The van der Waals surface area contributed by atoms with Gasteiger partial charge in [0.15, 0.2) is 0 Å². The number of ether oxygens (including phenoxy) is 1. The predicted octanol–water partition coefficient (Wildman–Crippen LogP) is 1.04. The Hall–Kier alpha value is -0.470. The molecule has 0 aliphatic carbocycles. The second kappa shape index (κ2) is 4.90. The Morgan fingerprint density at radius 1 is 1.56 bits per heavy atom. The lowest BCUT2D eigenvalue weighted by Gasteiger charge is -2.37. The van der Waals surface area contributed by atoms with Crippen molar-refractivity contribution in [2.45, 2.75) is 31.0 Å². The van der Waals surface area contributed by atoms with Crippen LogP contribution < -0.4 is 0 Å². The first-order chi connectivity index (χ1) is 8.37. The summed E-state index contributed by atoms with van der Waals surface area (Å²) in [6.45, 7) is 4.57. The summed E-state index contributed by atoms with van der Waals surface area (Å²) < 4.78 is 31.9. The van der Waals surface area contributed by atoms with Crippen molar-refractivity contribution in [1.29, 1.82) is 0 Å². The minimum absolute atomic E-state index is 0.215. The molecule has 1 saturated heterocycles. The maximum Gasteiger partial charge on any atom is 0.244 e. The predicted molar refractivity (Wildman–Crippen MR) is 69.0 cm³/mol. The van der Waals surface area contributed by atoms with Crippen LogP contribution >= 0.6 is 11.3 Å². The Morgan fingerprint density at radius 2 is 2.28 bits per heavy atom. The number of nitrogens with zero attached hydrogens (tertiary/aromatic N) is 1. The van der Waals surface area contributed by atoms with Crippen molar-refractivity contribution in [2.75, 3.05) is 19.7 Å². The van der Waals surface area contributed by atoms with Crippen LogP contribution in [0.2, 0.25) is 0 Å². The number of hydrogen-bond acceptors (Lipinski definition) is 5. The van der Waals surface area contributed by atoms with Gasteiger partial charge in [0.1, 0.15) is 0 Å². The normalized spacial score (nSPS) is 21.1. The molecule has 0 spiro atoms. The number of hydrogen-bond donors (Lipinski definition) is 1. The van der Waals surface area contributed by atoms with Crippen LogP contribution in [-0.4, -0.2) is 43.1 Å². The molecule has 7 heteroatoms. The Bertz CT molecular complexity index is 521. The number of aliphatic hydroxyl groups is 1. The van der Waals surface area contributed by atoms with E-state index in [4.69, 9.17) is 4.74 Å². The summed E-state index contributed by atoms with van der Waals surface area (Å²) in [5, 5.41) is 10.9. The molecule has 0 saturated carbocycles. The van der Waals surface area contributed by atoms with Crippen LogP contribution in [0.1, 0.15) is 18.7 Å². The molecule has 1 aliphatic rings. The molecule has 18 heavy (non-hydrogen) atoms. The Morgan fingerprint density at radius 3 is 2.89 bits per heavy atom. The van der Waals surface area contributed by atoms with Crippen LogP contribution in [0.5, 0.6) is 0 Å². The Kier molecular flexibility index (Phi) is 3.80. The van der Waals surface area contributed by atoms with Gasteiger partial charge in [0.05, 0.1) is 23.7 Å². The van der Waals surface area contributed by atoms with Crippen LogP contribution in [0.25, 0.3) is 0 Å². The first-order valence-electron chi connectivity index (χ1n) is 5.68. The number of aliphatic hydroxyl groups excluding tert-OH is 1. The summed E-state index contributed by atoms with van der Waals surface area (Å²) in [5.74, 6) is 0. The molecule has 0 atom stereocenters. The van der Waals surface area contributed by atoms with Gasteiger partial charge in [0, 0.05) is 18.0 Å². The van der Waals surface area contributed by atoms with Gasteiger partial charge in [-0.1, -0.05) is 0 Å². The molecule has 0 aromatic carbocycles. The maximum absolute atomic E-state index is 12.5. The number of sulfonamides is 1. The van der Waals surface area contributed by atoms with Crippen molar-refractivity contribution in [1.82, 2.24) is 4.31 Å². The average Bonchev–Trinajstić information content (AvgIpc) is 2.76. The van der Waals surface area contributed by atoms with Crippen molar-refractivity contribution in [3.8, 4) is 0 Å². The molecule has 1 aliphatic heterocycles. The second-order valence-electron chi connectivity index (χ2n) is 4.81. The molecule has 0 radical (unpaired) electrons. The summed E-state index contributed by atoms with van der Waals surface area (Å²) in [5.41, 5.74) is -0.472. The zero-order chi connectivity index (χ0) is 13.4. The van der Waals surface area contributed by atoms with Gasteiger partial charge >= 0.3 is 0 Å². The fourth-order valence-electron chi connectivity index (χ4n) is 1.99. The average molecular weight is 291 g/mol. The Labute approximate surface area is 111 Å². The fraction of sp³-hybridized carbons (Fsp3) is 0.636. The van der Waals surface area contributed by atoms with E-state index in [-0.39, 0.29) is 11.5 Å². The summed E-state index contributed by atoms with van der Waals surface area (Å²) in [6.07, 6.45) is 0.